The van der Waals surface area contributed by atoms with Crippen molar-refractivity contribution in [3.05, 3.63) is 41.2 Å². The second-order valence-corrected chi connectivity index (χ2v) is 8.21. The molecule has 1 saturated carbocycles. The van der Waals surface area contributed by atoms with Crippen molar-refractivity contribution < 1.29 is 18.8 Å². The van der Waals surface area contributed by atoms with Gasteiger partial charge in [0.15, 0.2) is 5.13 Å². The Bertz CT molecular complexity index is 894. The minimum Gasteiger partial charge on any atom is -0.352 e. The average Bonchev–Trinajstić information content (AvgIpc) is 3.36. The molecule has 0 aliphatic heterocycles. The summed E-state index contributed by atoms with van der Waals surface area (Å²) in [6, 6.07) is 5.52. The van der Waals surface area contributed by atoms with Gasteiger partial charge in [0.05, 0.1) is 5.69 Å². The summed E-state index contributed by atoms with van der Waals surface area (Å²) in [5.74, 6) is -1.40. The normalized spacial score (nSPS) is 13.8. The Labute approximate surface area is 178 Å². The van der Waals surface area contributed by atoms with Crippen LogP contribution >= 0.6 is 11.3 Å². The molecule has 1 aliphatic rings. The smallest absolute Gasteiger partial charge is 0.240 e. The van der Waals surface area contributed by atoms with Gasteiger partial charge in [-0.2, -0.15) is 0 Å². The van der Waals surface area contributed by atoms with Gasteiger partial charge < -0.3 is 15.5 Å². The first-order valence-corrected chi connectivity index (χ1v) is 10.9. The van der Waals surface area contributed by atoms with Crippen LogP contribution in [-0.2, 0) is 14.4 Å². The second-order valence-electron chi connectivity index (χ2n) is 7.35. The predicted octanol–water partition coefficient (Wildman–Crippen LogP) is 3.40. The summed E-state index contributed by atoms with van der Waals surface area (Å²) >= 11 is 1.31. The highest BCUT2D eigenvalue weighted by Gasteiger charge is 2.23. The van der Waals surface area contributed by atoms with E-state index in [9.17, 15) is 18.8 Å². The monoisotopic (exact) mass is 432 g/mol. The molecule has 0 spiro atoms. The van der Waals surface area contributed by atoms with Crippen molar-refractivity contribution in [2.75, 3.05) is 16.8 Å². The molecule has 0 unspecified atom stereocenters. The zero-order chi connectivity index (χ0) is 21.5. The maximum Gasteiger partial charge on any atom is 0.240 e. The number of aromatic nitrogens is 1. The molecule has 1 aromatic carbocycles. The molecule has 2 aromatic rings. The number of hydrogen-bond donors (Lipinski definition) is 2. The van der Waals surface area contributed by atoms with E-state index in [1.807, 2.05) is 12.3 Å². The lowest BCUT2D eigenvalue weighted by molar-refractivity contribution is -0.125. The van der Waals surface area contributed by atoms with Gasteiger partial charge in [-0.3, -0.25) is 14.4 Å². The Balaban J connectivity index is 1.61. The number of nitrogens with one attached hydrogen (secondary N) is 2. The summed E-state index contributed by atoms with van der Waals surface area (Å²) in [5, 5.41) is 7.92. The van der Waals surface area contributed by atoms with Crippen LogP contribution in [0.1, 0.15) is 44.2 Å². The van der Waals surface area contributed by atoms with Crippen LogP contribution in [0.3, 0.4) is 0 Å². The highest BCUT2D eigenvalue weighted by molar-refractivity contribution is 7.13. The largest absolute Gasteiger partial charge is 0.352 e. The lowest BCUT2D eigenvalue weighted by Crippen LogP contribution is -2.43. The summed E-state index contributed by atoms with van der Waals surface area (Å²) in [7, 11) is 0. The van der Waals surface area contributed by atoms with Crippen molar-refractivity contribution in [1.82, 2.24) is 10.3 Å². The number of carbonyl (C=O) groups is 3. The van der Waals surface area contributed by atoms with E-state index in [1.165, 1.54) is 40.5 Å². The molecule has 1 fully saturated rings. The molecule has 9 heteroatoms. The summed E-state index contributed by atoms with van der Waals surface area (Å²) < 4.78 is 13.3. The number of carbonyl (C=O) groups excluding carboxylic acids is 3. The summed E-state index contributed by atoms with van der Waals surface area (Å²) in [4.78, 5) is 42.9. The third kappa shape index (κ3) is 6.35. The molecule has 3 rings (SSSR count). The highest BCUT2D eigenvalue weighted by Crippen LogP contribution is 2.20. The number of anilines is 2. The van der Waals surface area contributed by atoms with Crippen LogP contribution in [-0.4, -0.2) is 35.3 Å². The summed E-state index contributed by atoms with van der Waals surface area (Å²) in [6.45, 7) is 1.65. The maximum atomic E-state index is 13.3. The first-order valence-electron chi connectivity index (χ1n) is 9.98. The Morgan fingerprint density at radius 1 is 1.13 bits per heavy atom. The van der Waals surface area contributed by atoms with Crippen LogP contribution < -0.4 is 15.5 Å². The molecule has 1 aromatic heterocycles. The fourth-order valence-electron chi connectivity index (χ4n) is 3.38. The molecule has 160 valence electrons. The van der Waals surface area contributed by atoms with Crippen LogP contribution in [0.4, 0.5) is 15.2 Å². The first kappa shape index (κ1) is 21.9. The fourth-order valence-corrected chi connectivity index (χ4v) is 4.08. The van der Waals surface area contributed by atoms with Crippen molar-refractivity contribution in [2.45, 2.75) is 51.5 Å². The van der Waals surface area contributed by atoms with E-state index >= 15 is 0 Å². The van der Waals surface area contributed by atoms with Gasteiger partial charge in [-0.05, 0) is 44.0 Å². The first-order chi connectivity index (χ1) is 14.4. The van der Waals surface area contributed by atoms with Crippen molar-refractivity contribution in [3.8, 4) is 0 Å². The van der Waals surface area contributed by atoms with Gasteiger partial charge in [0, 0.05) is 30.0 Å². The third-order valence-electron chi connectivity index (χ3n) is 4.89. The molecule has 0 bridgehead atoms. The number of nitrogens with zero attached hydrogens (tertiary/aromatic N) is 2. The van der Waals surface area contributed by atoms with E-state index in [1.54, 1.807) is 0 Å². The van der Waals surface area contributed by atoms with Gasteiger partial charge in [-0.25, -0.2) is 9.37 Å². The van der Waals surface area contributed by atoms with E-state index in [0.717, 1.165) is 31.4 Å². The zero-order valence-corrected chi connectivity index (χ0v) is 17.6. The molecular formula is C21H25FN4O3S. The fraction of sp³-hybridized carbons (Fsp3) is 0.429. The van der Waals surface area contributed by atoms with Crippen molar-refractivity contribution in [3.63, 3.8) is 0 Å². The second kappa shape index (κ2) is 10.3. The summed E-state index contributed by atoms with van der Waals surface area (Å²) in [5.41, 5.74) is 1.22. The molecule has 7 nitrogen and oxygen atoms in total. The van der Waals surface area contributed by atoms with Crippen LogP contribution in [0.2, 0.25) is 0 Å². The van der Waals surface area contributed by atoms with Gasteiger partial charge in [0.2, 0.25) is 17.7 Å². The Morgan fingerprint density at radius 3 is 2.47 bits per heavy atom. The standard InChI is InChI=1S/C21H25FN4O3S/c1-14-13-30-21(23-14)25-18(27)10-11-20(29)26(17-8-6-15(22)7-9-17)12-19(28)24-16-4-2-3-5-16/h6-9,13,16H,2-5,10-12H2,1H3,(H,24,28)(H,23,25,27). The van der Waals surface area contributed by atoms with Gasteiger partial charge in [-0.1, -0.05) is 12.8 Å². The molecule has 1 heterocycles. The number of thiazole rings is 1. The molecule has 0 atom stereocenters. The minimum atomic E-state index is -0.431. The van der Waals surface area contributed by atoms with Crippen LogP contribution in [0, 0.1) is 12.7 Å². The molecule has 3 amide bonds. The number of amides is 3. The maximum absolute atomic E-state index is 13.3. The van der Waals surface area contributed by atoms with Crippen molar-refractivity contribution in [1.29, 1.82) is 0 Å². The van der Waals surface area contributed by atoms with E-state index in [-0.39, 0.29) is 43.1 Å². The van der Waals surface area contributed by atoms with Crippen LogP contribution in [0.15, 0.2) is 29.6 Å². The third-order valence-corrected chi connectivity index (χ3v) is 5.77. The van der Waals surface area contributed by atoms with Crippen LogP contribution in [0.5, 0.6) is 0 Å². The SMILES string of the molecule is Cc1csc(NC(=O)CCC(=O)N(CC(=O)NC2CCCC2)c2ccc(F)cc2)n1. The van der Waals surface area contributed by atoms with E-state index in [2.05, 4.69) is 15.6 Å². The topological polar surface area (TPSA) is 91.4 Å². The number of benzene rings is 1. The van der Waals surface area contributed by atoms with Crippen molar-refractivity contribution >= 4 is 39.9 Å². The molecule has 1 aliphatic carbocycles. The molecule has 30 heavy (non-hydrogen) atoms. The molecule has 0 radical (unpaired) electrons. The van der Waals surface area contributed by atoms with Gasteiger partial charge in [0.1, 0.15) is 12.4 Å². The zero-order valence-electron chi connectivity index (χ0n) is 16.8. The number of aryl methyl sites for hydroxylation is 1. The Hall–Kier alpha value is -2.81. The van der Waals surface area contributed by atoms with E-state index in [0.29, 0.717) is 10.8 Å². The Kier molecular flexibility index (Phi) is 7.51. The number of halogens is 1. The van der Waals surface area contributed by atoms with Gasteiger partial charge >= 0.3 is 0 Å². The minimum absolute atomic E-state index is 0.0423. The predicted molar refractivity (Wildman–Crippen MR) is 114 cm³/mol. The quantitative estimate of drug-likeness (QED) is 0.669. The molecular weight excluding hydrogens is 407 g/mol. The average molecular weight is 433 g/mol. The number of hydrogen-bond acceptors (Lipinski definition) is 5. The van der Waals surface area contributed by atoms with E-state index < -0.39 is 5.82 Å². The highest BCUT2D eigenvalue weighted by atomic mass is 32.1. The van der Waals surface area contributed by atoms with E-state index in [4.69, 9.17) is 0 Å². The van der Waals surface area contributed by atoms with Gasteiger partial charge in [-0.15, -0.1) is 11.3 Å². The molecule has 2 N–H and O–H groups in total. The van der Waals surface area contributed by atoms with Gasteiger partial charge in [0.25, 0.3) is 0 Å². The Morgan fingerprint density at radius 2 is 1.83 bits per heavy atom. The number of rotatable bonds is 8. The molecule has 0 saturated heterocycles. The van der Waals surface area contributed by atoms with Crippen LogP contribution in [0.25, 0.3) is 0 Å². The summed E-state index contributed by atoms with van der Waals surface area (Å²) in [6.07, 6.45) is 3.92. The van der Waals surface area contributed by atoms with Crippen molar-refractivity contribution in [2.24, 2.45) is 0 Å². The lowest BCUT2D eigenvalue weighted by Gasteiger charge is -2.23. The lowest BCUT2D eigenvalue weighted by atomic mass is 10.2.